The molecule has 0 atom stereocenters. The maximum atomic E-state index is 12.4. The van der Waals surface area contributed by atoms with Gasteiger partial charge in [0, 0.05) is 17.7 Å². The summed E-state index contributed by atoms with van der Waals surface area (Å²) in [5.41, 5.74) is 0.753. The number of sulfonamides is 1. The summed E-state index contributed by atoms with van der Waals surface area (Å²) in [6, 6.07) is 11.1. The molecule has 1 amide bonds. The Morgan fingerprint density at radius 1 is 1.10 bits per heavy atom. The number of amides is 1. The van der Waals surface area contributed by atoms with E-state index in [2.05, 4.69) is 0 Å². The Morgan fingerprint density at radius 3 is 2.55 bits per heavy atom. The molecule has 0 saturated heterocycles. The SMILES string of the molecule is COc1ccc(/C=C/C(=O)OCCN2C(=O)c3ccccc3S2(=O)=O)c(OC)c1. The van der Waals surface area contributed by atoms with Crippen LogP contribution in [0.15, 0.2) is 53.4 Å². The quantitative estimate of drug-likeness (QED) is 0.502. The molecule has 1 aliphatic heterocycles. The van der Waals surface area contributed by atoms with Crippen molar-refractivity contribution in [2.45, 2.75) is 4.90 Å². The van der Waals surface area contributed by atoms with Crippen LogP contribution in [0.3, 0.4) is 0 Å². The van der Waals surface area contributed by atoms with E-state index in [0.29, 0.717) is 21.4 Å². The maximum Gasteiger partial charge on any atom is 0.330 e. The van der Waals surface area contributed by atoms with Gasteiger partial charge in [0.2, 0.25) is 0 Å². The largest absolute Gasteiger partial charge is 0.497 e. The summed E-state index contributed by atoms with van der Waals surface area (Å²) in [5.74, 6) is -0.182. The maximum absolute atomic E-state index is 12.4. The molecule has 29 heavy (non-hydrogen) atoms. The van der Waals surface area contributed by atoms with Crippen LogP contribution in [0.5, 0.6) is 11.5 Å². The molecule has 0 aliphatic carbocycles. The topological polar surface area (TPSA) is 99.2 Å². The van der Waals surface area contributed by atoms with Crippen LogP contribution in [0.25, 0.3) is 6.08 Å². The molecule has 8 nitrogen and oxygen atoms in total. The molecule has 2 aromatic carbocycles. The van der Waals surface area contributed by atoms with E-state index in [0.717, 1.165) is 0 Å². The lowest BCUT2D eigenvalue weighted by atomic mass is 10.2. The van der Waals surface area contributed by atoms with E-state index in [-0.39, 0.29) is 23.6 Å². The minimum atomic E-state index is -3.92. The summed E-state index contributed by atoms with van der Waals surface area (Å²) in [5, 5.41) is 0. The van der Waals surface area contributed by atoms with Gasteiger partial charge in [-0.2, -0.15) is 0 Å². The van der Waals surface area contributed by atoms with Gasteiger partial charge < -0.3 is 14.2 Å². The fraction of sp³-hybridized carbons (Fsp3) is 0.200. The van der Waals surface area contributed by atoms with Crippen molar-refractivity contribution in [1.29, 1.82) is 0 Å². The number of carbonyl (C=O) groups excluding carboxylic acids is 2. The van der Waals surface area contributed by atoms with Crippen LogP contribution in [-0.2, 0) is 19.6 Å². The Morgan fingerprint density at radius 2 is 1.86 bits per heavy atom. The highest BCUT2D eigenvalue weighted by atomic mass is 32.2. The second kappa shape index (κ2) is 8.36. The lowest BCUT2D eigenvalue weighted by molar-refractivity contribution is -0.137. The van der Waals surface area contributed by atoms with Crippen molar-refractivity contribution in [3.05, 3.63) is 59.7 Å². The van der Waals surface area contributed by atoms with Crippen LogP contribution in [0.1, 0.15) is 15.9 Å². The number of methoxy groups -OCH3 is 2. The number of esters is 1. The zero-order chi connectivity index (χ0) is 21.0. The smallest absolute Gasteiger partial charge is 0.330 e. The number of ether oxygens (including phenoxy) is 3. The molecular formula is C20H19NO7S. The third-order valence-corrected chi connectivity index (χ3v) is 6.13. The third kappa shape index (κ3) is 4.09. The highest BCUT2D eigenvalue weighted by Crippen LogP contribution is 2.29. The summed E-state index contributed by atoms with van der Waals surface area (Å²) in [4.78, 5) is 24.2. The van der Waals surface area contributed by atoms with Crippen molar-refractivity contribution in [3.63, 3.8) is 0 Å². The number of nitrogens with zero attached hydrogens (tertiary/aromatic N) is 1. The average molecular weight is 417 g/mol. The Bertz CT molecular complexity index is 1080. The van der Waals surface area contributed by atoms with E-state index in [4.69, 9.17) is 14.2 Å². The van der Waals surface area contributed by atoms with E-state index in [1.165, 1.54) is 38.5 Å². The molecule has 0 saturated carbocycles. The predicted molar refractivity (Wildman–Crippen MR) is 104 cm³/mol. The standard InChI is InChI=1S/C20H19NO7S/c1-26-15-9-7-14(17(13-15)27-2)8-10-19(22)28-12-11-21-20(23)16-5-3-4-6-18(16)29(21,24)25/h3-10,13H,11-12H2,1-2H3/b10-8+. The van der Waals surface area contributed by atoms with Gasteiger partial charge in [-0.1, -0.05) is 12.1 Å². The molecule has 0 spiro atoms. The van der Waals surface area contributed by atoms with E-state index in [9.17, 15) is 18.0 Å². The van der Waals surface area contributed by atoms with Crippen LogP contribution in [0.4, 0.5) is 0 Å². The number of carbonyl (C=O) groups is 2. The minimum absolute atomic E-state index is 0.0391. The molecule has 0 aromatic heterocycles. The summed E-state index contributed by atoms with van der Waals surface area (Å²) in [6.07, 6.45) is 2.70. The van der Waals surface area contributed by atoms with Crippen molar-refractivity contribution < 1.29 is 32.2 Å². The first-order valence-electron chi connectivity index (χ1n) is 8.61. The third-order valence-electron chi connectivity index (χ3n) is 4.29. The Labute approximate surface area is 168 Å². The summed E-state index contributed by atoms with van der Waals surface area (Å²) >= 11 is 0. The zero-order valence-electron chi connectivity index (χ0n) is 15.8. The van der Waals surface area contributed by atoms with Crippen LogP contribution in [0, 0.1) is 0 Å². The van der Waals surface area contributed by atoms with Gasteiger partial charge in [-0.05, 0) is 30.3 Å². The Balaban J connectivity index is 1.60. The van der Waals surface area contributed by atoms with Gasteiger partial charge in [0.05, 0.1) is 26.3 Å². The second-order valence-electron chi connectivity index (χ2n) is 5.99. The number of benzene rings is 2. The first-order chi connectivity index (χ1) is 13.9. The average Bonchev–Trinajstić information content (AvgIpc) is 2.92. The second-order valence-corrected chi connectivity index (χ2v) is 7.82. The van der Waals surface area contributed by atoms with E-state index >= 15 is 0 Å². The minimum Gasteiger partial charge on any atom is -0.497 e. The highest BCUT2D eigenvalue weighted by molar-refractivity contribution is 7.90. The van der Waals surface area contributed by atoms with Crippen LogP contribution in [-0.4, -0.2) is 52.0 Å². The lowest BCUT2D eigenvalue weighted by Gasteiger charge is -2.14. The van der Waals surface area contributed by atoms with E-state index in [1.54, 1.807) is 30.3 Å². The molecular weight excluding hydrogens is 398 g/mol. The van der Waals surface area contributed by atoms with Crippen molar-refractivity contribution in [2.75, 3.05) is 27.4 Å². The number of hydrogen-bond acceptors (Lipinski definition) is 7. The Hall–Kier alpha value is -3.33. The first-order valence-corrected chi connectivity index (χ1v) is 10.1. The van der Waals surface area contributed by atoms with Gasteiger partial charge in [-0.25, -0.2) is 17.5 Å². The zero-order valence-corrected chi connectivity index (χ0v) is 16.6. The molecule has 0 fully saturated rings. The van der Waals surface area contributed by atoms with Gasteiger partial charge in [0.25, 0.3) is 15.9 Å². The van der Waals surface area contributed by atoms with Crippen LogP contribution < -0.4 is 9.47 Å². The summed E-state index contributed by atoms with van der Waals surface area (Å²) in [7, 11) is -0.889. The summed E-state index contributed by atoms with van der Waals surface area (Å²) in [6.45, 7) is -0.525. The molecule has 2 aromatic rings. The molecule has 3 rings (SSSR count). The molecule has 9 heteroatoms. The van der Waals surface area contributed by atoms with Gasteiger partial charge in [0.1, 0.15) is 23.0 Å². The lowest BCUT2D eigenvalue weighted by Crippen LogP contribution is -2.33. The molecule has 0 bridgehead atoms. The summed E-state index contributed by atoms with van der Waals surface area (Å²) < 4.78 is 41.0. The fourth-order valence-corrected chi connectivity index (χ4v) is 4.40. The van der Waals surface area contributed by atoms with Gasteiger partial charge in [0.15, 0.2) is 0 Å². The normalized spacial score (nSPS) is 14.7. The Kier molecular flexibility index (Phi) is 5.88. The molecule has 0 radical (unpaired) electrons. The molecule has 152 valence electrons. The monoisotopic (exact) mass is 417 g/mol. The number of hydrogen-bond donors (Lipinski definition) is 0. The van der Waals surface area contributed by atoms with Crippen LogP contribution in [0.2, 0.25) is 0 Å². The van der Waals surface area contributed by atoms with Crippen molar-refractivity contribution in [1.82, 2.24) is 4.31 Å². The van der Waals surface area contributed by atoms with E-state index < -0.39 is 21.9 Å². The molecule has 0 N–H and O–H groups in total. The molecule has 1 aliphatic rings. The van der Waals surface area contributed by atoms with Crippen molar-refractivity contribution in [3.8, 4) is 11.5 Å². The van der Waals surface area contributed by atoms with Crippen molar-refractivity contribution >= 4 is 28.0 Å². The molecule has 0 unspecified atom stereocenters. The van der Waals surface area contributed by atoms with Gasteiger partial charge in [-0.3, -0.25) is 4.79 Å². The number of rotatable bonds is 7. The van der Waals surface area contributed by atoms with E-state index in [1.807, 2.05) is 0 Å². The highest BCUT2D eigenvalue weighted by Gasteiger charge is 2.40. The van der Waals surface area contributed by atoms with Crippen LogP contribution >= 0.6 is 0 Å². The van der Waals surface area contributed by atoms with Gasteiger partial charge >= 0.3 is 5.97 Å². The predicted octanol–water partition coefficient (Wildman–Crippen LogP) is 2.10. The first kappa shape index (κ1) is 20.4. The fourth-order valence-electron chi connectivity index (χ4n) is 2.84. The van der Waals surface area contributed by atoms with Crippen molar-refractivity contribution in [2.24, 2.45) is 0 Å². The van der Waals surface area contributed by atoms with Gasteiger partial charge in [-0.15, -0.1) is 0 Å². The number of fused-ring (bicyclic) bond motifs is 1. The molecule has 1 heterocycles.